The van der Waals surface area contributed by atoms with E-state index in [1.54, 1.807) is 0 Å². The van der Waals surface area contributed by atoms with Crippen molar-refractivity contribution in [2.24, 2.45) is 0 Å². The zero-order valence-electron chi connectivity index (χ0n) is 11.0. The van der Waals surface area contributed by atoms with Crippen LogP contribution in [0.4, 0.5) is 5.00 Å². The van der Waals surface area contributed by atoms with E-state index in [1.807, 2.05) is 20.8 Å². The standard InChI is InChI=1S/C13H19NO3S/c1-4-6-7-10(15)14-12-11(13(16)17)9(5-2)8(3)18-12/h4-7H2,1-3H3,(H,14,15)(H,16,17). The maximum atomic E-state index is 11.7. The average molecular weight is 269 g/mol. The first-order valence-corrected chi connectivity index (χ1v) is 6.98. The van der Waals surface area contributed by atoms with Gasteiger partial charge in [0.25, 0.3) is 0 Å². The molecule has 1 aromatic rings. The van der Waals surface area contributed by atoms with E-state index < -0.39 is 5.97 Å². The number of carbonyl (C=O) groups excluding carboxylic acids is 1. The molecule has 4 nitrogen and oxygen atoms in total. The van der Waals surface area contributed by atoms with Gasteiger partial charge in [-0.1, -0.05) is 20.3 Å². The number of hydrogen-bond donors (Lipinski definition) is 2. The summed E-state index contributed by atoms with van der Waals surface area (Å²) in [6.45, 7) is 5.82. The summed E-state index contributed by atoms with van der Waals surface area (Å²) in [5.41, 5.74) is 1.07. The van der Waals surface area contributed by atoms with E-state index in [0.717, 1.165) is 23.3 Å². The molecule has 0 aliphatic heterocycles. The molecule has 0 fully saturated rings. The first kappa shape index (κ1) is 14.7. The molecule has 1 aromatic heterocycles. The number of nitrogens with one attached hydrogen (secondary N) is 1. The van der Waals surface area contributed by atoms with E-state index in [4.69, 9.17) is 0 Å². The van der Waals surface area contributed by atoms with Gasteiger partial charge in [-0.3, -0.25) is 4.79 Å². The molecule has 0 aromatic carbocycles. The van der Waals surface area contributed by atoms with Gasteiger partial charge >= 0.3 is 5.97 Å². The fraction of sp³-hybridized carbons (Fsp3) is 0.538. The van der Waals surface area contributed by atoms with Gasteiger partial charge in [-0.05, 0) is 25.3 Å². The molecule has 0 saturated heterocycles. The summed E-state index contributed by atoms with van der Waals surface area (Å²) in [4.78, 5) is 23.9. The van der Waals surface area contributed by atoms with Crippen LogP contribution in [0.25, 0.3) is 0 Å². The number of aromatic carboxylic acids is 1. The molecule has 0 radical (unpaired) electrons. The van der Waals surface area contributed by atoms with Crippen LogP contribution in [-0.2, 0) is 11.2 Å². The Morgan fingerprint density at radius 3 is 2.50 bits per heavy atom. The van der Waals surface area contributed by atoms with E-state index in [1.165, 1.54) is 11.3 Å². The minimum Gasteiger partial charge on any atom is -0.478 e. The smallest absolute Gasteiger partial charge is 0.339 e. The largest absolute Gasteiger partial charge is 0.478 e. The Bertz CT molecular complexity index is 451. The zero-order chi connectivity index (χ0) is 13.7. The molecule has 0 bridgehead atoms. The van der Waals surface area contributed by atoms with E-state index >= 15 is 0 Å². The van der Waals surface area contributed by atoms with Gasteiger partial charge in [-0.25, -0.2) is 4.79 Å². The van der Waals surface area contributed by atoms with Crippen LogP contribution in [0.15, 0.2) is 0 Å². The number of rotatable bonds is 6. The normalized spacial score (nSPS) is 10.4. The number of thiophene rings is 1. The van der Waals surface area contributed by atoms with Crippen LogP contribution in [0.5, 0.6) is 0 Å². The van der Waals surface area contributed by atoms with Crippen LogP contribution < -0.4 is 5.32 Å². The zero-order valence-corrected chi connectivity index (χ0v) is 11.8. The van der Waals surface area contributed by atoms with Crippen molar-refractivity contribution in [2.45, 2.75) is 46.5 Å². The molecule has 0 aliphatic carbocycles. The summed E-state index contributed by atoms with van der Waals surface area (Å²) in [6, 6.07) is 0. The van der Waals surface area contributed by atoms with Crippen LogP contribution in [0.1, 0.15) is 53.9 Å². The fourth-order valence-corrected chi connectivity index (χ4v) is 3.00. The molecule has 0 unspecified atom stereocenters. The number of carbonyl (C=O) groups is 2. The van der Waals surface area contributed by atoms with Gasteiger partial charge in [0.1, 0.15) is 5.00 Å². The van der Waals surface area contributed by atoms with E-state index in [2.05, 4.69) is 5.32 Å². The highest BCUT2D eigenvalue weighted by Gasteiger charge is 2.21. The molecular formula is C13H19NO3S. The van der Waals surface area contributed by atoms with Gasteiger partial charge in [0, 0.05) is 11.3 Å². The minimum absolute atomic E-state index is 0.108. The second-order valence-electron chi connectivity index (χ2n) is 4.15. The molecule has 100 valence electrons. The molecule has 0 spiro atoms. The quantitative estimate of drug-likeness (QED) is 0.831. The SMILES string of the molecule is CCCCC(=O)Nc1sc(C)c(CC)c1C(=O)O. The second-order valence-corrected chi connectivity index (χ2v) is 5.38. The third-order valence-corrected chi connectivity index (χ3v) is 3.85. The molecular weight excluding hydrogens is 250 g/mol. The van der Waals surface area contributed by atoms with Crippen LogP contribution in [0.3, 0.4) is 0 Å². The van der Waals surface area contributed by atoms with Crippen molar-refractivity contribution in [1.29, 1.82) is 0 Å². The lowest BCUT2D eigenvalue weighted by Gasteiger charge is -2.04. The number of unbranched alkanes of at least 4 members (excludes halogenated alkanes) is 1. The van der Waals surface area contributed by atoms with E-state index in [9.17, 15) is 14.7 Å². The highest BCUT2D eigenvalue weighted by atomic mass is 32.1. The van der Waals surface area contributed by atoms with E-state index in [0.29, 0.717) is 17.8 Å². The van der Waals surface area contributed by atoms with Crippen LogP contribution in [-0.4, -0.2) is 17.0 Å². The topological polar surface area (TPSA) is 66.4 Å². The number of aryl methyl sites for hydroxylation is 1. The molecule has 1 amide bonds. The number of amides is 1. The first-order valence-electron chi connectivity index (χ1n) is 6.16. The highest BCUT2D eigenvalue weighted by Crippen LogP contribution is 2.33. The van der Waals surface area contributed by atoms with Gasteiger partial charge in [0.2, 0.25) is 5.91 Å². The Balaban J connectivity index is 2.95. The Morgan fingerprint density at radius 1 is 1.33 bits per heavy atom. The van der Waals surface area contributed by atoms with Crippen LogP contribution in [0.2, 0.25) is 0 Å². The molecule has 0 saturated carbocycles. The predicted molar refractivity (Wildman–Crippen MR) is 73.5 cm³/mol. The lowest BCUT2D eigenvalue weighted by atomic mass is 10.1. The average Bonchev–Trinajstić information content (AvgIpc) is 2.62. The van der Waals surface area contributed by atoms with Gasteiger partial charge in [-0.15, -0.1) is 11.3 Å². The van der Waals surface area contributed by atoms with Crippen molar-refractivity contribution >= 4 is 28.2 Å². The molecule has 1 heterocycles. The second kappa shape index (κ2) is 6.54. The van der Waals surface area contributed by atoms with Crippen LogP contribution >= 0.6 is 11.3 Å². The summed E-state index contributed by atoms with van der Waals surface area (Å²) in [7, 11) is 0. The van der Waals surface area contributed by atoms with E-state index in [-0.39, 0.29) is 11.5 Å². The van der Waals surface area contributed by atoms with Gasteiger partial charge < -0.3 is 10.4 Å². The Labute approximate surface area is 111 Å². The van der Waals surface area contributed by atoms with Crippen molar-refractivity contribution in [3.8, 4) is 0 Å². The predicted octanol–water partition coefficient (Wildman–Crippen LogP) is 3.45. The summed E-state index contributed by atoms with van der Waals surface area (Å²) >= 11 is 1.34. The molecule has 18 heavy (non-hydrogen) atoms. The van der Waals surface area contributed by atoms with Crippen molar-refractivity contribution in [1.82, 2.24) is 0 Å². The third-order valence-electron chi connectivity index (χ3n) is 2.79. The molecule has 2 N–H and O–H groups in total. The fourth-order valence-electron chi connectivity index (χ4n) is 1.85. The van der Waals surface area contributed by atoms with Crippen LogP contribution in [0, 0.1) is 6.92 Å². The number of hydrogen-bond acceptors (Lipinski definition) is 3. The first-order chi connectivity index (χ1) is 8.51. The molecule has 1 rings (SSSR count). The summed E-state index contributed by atoms with van der Waals surface area (Å²) in [5, 5.41) is 12.4. The highest BCUT2D eigenvalue weighted by molar-refractivity contribution is 7.16. The van der Waals surface area contributed by atoms with Gasteiger partial charge in [0.15, 0.2) is 0 Å². The molecule has 0 atom stereocenters. The molecule has 0 aliphatic rings. The Morgan fingerprint density at radius 2 is 2.00 bits per heavy atom. The summed E-state index contributed by atoms with van der Waals surface area (Å²) in [6.07, 6.45) is 2.87. The Hall–Kier alpha value is -1.36. The third kappa shape index (κ3) is 3.32. The van der Waals surface area contributed by atoms with Crippen molar-refractivity contribution in [3.05, 3.63) is 16.0 Å². The van der Waals surface area contributed by atoms with Crippen molar-refractivity contribution in [2.75, 3.05) is 5.32 Å². The Kier molecular flexibility index (Phi) is 5.34. The van der Waals surface area contributed by atoms with Crippen molar-refractivity contribution in [3.63, 3.8) is 0 Å². The maximum Gasteiger partial charge on any atom is 0.339 e. The lowest BCUT2D eigenvalue weighted by molar-refractivity contribution is -0.116. The van der Waals surface area contributed by atoms with Gasteiger partial charge in [0.05, 0.1) is 5.56 Å². The number of carboxylic acid groups (broad SMARTS) is 1. The monoisotopic (exact) mass is 269 g/mol. The van der Waals surface area contributed by atoms with Crippen molar-refractivity contribution < 1.29 is 14.7 Å². The maximum absolute atomic E-state index is 11.7. The molecule has 5 heteroatoms. The van der Waals surface area contributed by atoms with Gasteiger partial charge in [-0.2, -0.15) is 0 Å². The lowest BCUT2D eigenvalue weighted by Crippen LogP contribution is -2.13. The minimum atomic E-state index is -0.970. The number of carboxylic acids is 1. The number of anilines is 1. The summed E-state index contributed by atoms with van der Waals surface area (Å²) in [5.74, 6) is -1.08. The summed E-state index contributed by atoms with van der Waals surface area (Å²) < 4.78 is 0.